The van der Waals surface area contributed by atoms with Crippen LogP contribution < -0.4 is 0 Å². The number of hydrogen-bond donors (Lipinski definition) is 1. The maximum absolute atomic E-state index is 10.4. The van der Waals surface area contributed by atoms with Crippen LogP contribution in [0.1, 0.15) is 12.0 Å². The fourth-order valence-corrected chi connectivity index (χ4v) is 1.41. The van der Waals surface area contributed by atoms with Gasteiger partial charge in [-0.1, -0.05) is 17.7 Å². The maximum atomic E-state index is 10.4. The lowest BCUT2D eigenvalue weighted by Gasteiger charge is -2.00. The number of nitrogens with zero attached hydrogens (tertiary/aromatic N) is 1. The van der Waals surface area contributed by atoms with Crippen molar-refractivity contribution in [3.05, 3.63) is 38.9 Å². The van der Waals surface area contributed by atoms with E-state index < -0.39 is 4.92 Å². The van der Waals surface area contributed by atoms with E-state index in [4.69, 9.17) is 16.7 Å². The minimum absolute atomic E-state index is 0.0839. The monoisotopic (exact) mass is 215 g/mol. The number of halogens is 1. The molecule has 5 heteroatoms. The van der Waals surface area contributed by atoms with Gasteiger partial charge in [-0.3, -0.25) is 10.1 Å². The zero-order valence-corrected chi connectivity index (χ0v) is 8.20. The molecule has 0 amide bonds. The molecule has 0 radical (unpaired) electrons. The molecule has 0 saturated carbocycles. The van der Waals surface area contributed by atoms with Gasteiger partial charge >= 0.3 is 0 Å². The Labute approximate surface area is 86.3 Å². The summed E-state index contributed by atoms with van der Waals surface area (Å²) < 4.78 is 0. The van der Waals surface area contributed by atoms with E-state index >= 15 is 0 Å². The average Bonchev–Trinajstić information content (AvgIpc) is 2.14. The van der Waals surface area contributed by atoms with E-state index in [-0.39, 0.29) is 17.3 Å². The highest BCUT2D eigenvalue weighted by atomic mass is 35.5. The number of nitro benzene ring substituents is 1. The van der Waals surface area contributed by atoms with Crippen LogP contribution >= 0.6 is 11.6 Å². The van der Waals surface area contributed by atoms with Crippen LogP contribution in [0.5, 0.6) is 0 Å². The minimum Gasteiger partial charge on any atom is -0.396 e. The van der Waals surface area contributed by atoms with Crippen LogP contribution in [0.25, 0.3) is 0 Å². The highest BCUT2D eigenvalue weighted by Gasteiger charge is 2.11. The molecule has 0 atom stereocenters. The molecule has 0 aromatic heterocycles. The molecule has 1 rings (SSSR count). The first-order chi connectivity index (χ1) is 6.65. The molecule has 1 aromatic carbocycles. The topological polar surface area (TPSA) is 63.4 Å². The summed E-state index contributed by atoms with van der Waals surface area (Å²) in [6, 6.07) is 4.60. The third-order valence-corrected chi connectivity index (χ3v) is 2.14. The Kier molecular flexibility index (Phi) is 3.85. The van der Waals surface area contributed by atoms with E-state index in [9.17, 15) is 10.1 Å². The van der Waals surface area contributed by atoms with Gasteiger partial charge in [-0.25, -0.2) is 0 Å². The normalized spacial score (nSPS) is 10.1. The first-order valence-electron chi connectivity index (χ1n) is 4.19. The zero-order valence-electron chi connectivity index (χ0n) is 7.44. The SMILES string of the molecule is O=[N+]([O-])c1ccc(CCCO)cc1Cl. The van der Waals surface area contributed by atoms with Crippen molar-refractivity contribution in [2.75, 3.05) is 6.61 Å². The predicted octanol–water partition coefficient (Wildman–Crippen LogP) is 2.17. The van der Waals surface area contributed by atoms with Crippen LogP contribution in [0, 0.1) is 10.1 Å². The summed E-state index contributed by atoms with van der Waals surface area (Å²) >= 11 is 5.70. The molecule has 0 heterocycles. The van der Waals surface area contributed by atoms with Gasteiger partial charge in [0.05, 0.1) is 4.92 Å². The molecule has 0 bridgehead atoms. The molecule has 0 saturated heterocycles. The first-order valence-corrected chi connectivity index (χ1v) is 4.56. The number of rotatable bonds is 4. The van der Waals surface area contributed by atoms with Crippen molar-refractivity contribution in [1.82, 2.24) is 0 Å². The average molecular weight is 216 g/mol. The minimum atomic E-state index is -0.516. The largest absolute Gasteiger partial charge is 0.396 e. The van der Waals surface area contributed by atoms with Crippen molar-refractivity contribution in [3.8, 4) is 0 Å². The van der Waals surface area contributed by atoms with E-state index in [0.29, 0.717) is 12.8 Å². The van der Waals surface area contributed by atoms with Crippen LogP contribution in [0.15, 0.2) is 18.2 Å². The smallest absolute Gasteiger partial charge is 0.287 e. The van der Waals surface area contributed by atoms with Crippen molar-refractivity contribution < 1.29 is 10.0 Å². The number of aliphatic hydroxyl groups is 1. The Morgan fingerprint density at radius 1 is 1.50 bits per heavy atom. The van der Waals surface area contributed by atoms with Crippen LogP contribution in [0.2, 0.25) is 5.02 Å². The van der Waals surface area contributed by atoms with Crippen LogP contribution in [-0.2, 0) is 6.42 Å². The number of nitro groups is 1. The summed E-state index contributed by atoms with van der Waals surface area (Å²) in [7, 11) is 0. The second-order valence-electron chi connectivity index (χ2n) is 2.87. The lowest BCUT2D eigenvalue weighted by Crippen LogP contribution is -1.92. The Balaban J connectivity index is 2.83. The second kappa shape index (κ2) is 4.93. The third-order valence-electron chi connectivity index (χ3n) is 1.83. The molecule has 0 aliphatic heterocycles. The van der Waals surface area contributed by atoms with Gasteiger partial charge in [0.15, 0.2) is 0 Å². The fourth-order valence-electron chi connectivity index (χ4n) is 1.14. The third kappa shape index (κ3) is 2.68. The van der Waals surface area contributed by atoms with Crippen molar-refractivity contribution >= 4 is 17.3 Å². The van der Waals surface area contributed by atoms with E-state index in [0.717, 1.165) is 5.56 Å². The Hall–Kier alpha value is -1.13. The Bertz CT molecular complexity index is 341. The Morgan fingerprint density at radius 3 is 2.71 bits per heavy atom. The van der Waals surface area contributed by atoms with Gasteiger partial charge < -0.3 is 5.11 Å². The molecule has 1 N–H and O–H groups in total. The first kappa shape index (κ1) is 10.9. The molecular weight excluding hydrogens is 206 g/mol. The molecular formula is C9H10ClNO3. The van der Waals surface area contributed by atoms with E-state index in [1.54, 1.807) is 12.1 Å². The van der Waals surface area contributed by atoms with Gasteiger partial charge in [-0.05, 0) is 24.5 Å². The lowest BCUT2D eigenvalue weighted by atomic mass is 10.1. The van der Waals surface area contributed by atoms with Gasteiger partial charge in [-0.15, -0.1) is 0 Å². The van der Waals surface area contributed by atoms with Gasteiger partial charge in [0.25, 0.3) is 5.69 Å². The van der Waals surface area contributed by atoms with Gasteiger partial charge in [0, 0.05) is 12.7 Å². The summed E-state index contributed by atoms with van der Waals surface area (Å²) in [5, 5.41) is 19.2. The molecule has 0 unspecified atom stereocenters. The summed E-state index contributed by atoms with van der Waals surface area (Å²) in [6.45, 7) is 0.106. The molecule has 1 aromatic rings. The van der Waals surface area contributed by atoms with Gasteiger partial charge in [-0.2, -0.15) is 0 Å². The van der Waals surface area contributed by atoms with Crippen LogP contribution in [-0.4, -0.2) is 16.6 Å². The van der Waals surface area contributed by atoms with Crippen molar-refractivity contribution in [2.45, 2.75) is 12.8 Å². The molecule has 0 fully saturated rings. The molecule has 4 nitrogen and oxygen atoms in total. The maximum Gasteiger partial charge on any atom is 0.287 e. The highest BCUT2D eigenvalue weighted by Crippen LogP contribution is 2.25. The van der Waals surface area contributed by atoms with Crippen molar-refractivity contribution in [1.29, 1.82) is 0 Å². The van der Waals surface area contributed by atoms with E-state index in [2.05, 4.69) is 0 Å². The summed E-state index contributed by atoms with van der Waals surface area (Å²) in [6.07, 6.45) is 1.31. The molecule has 0 aliphatic carbocycles. The van der Waals surface area contributed by atoms with Crippen molar-refractivity contribution in [2.24, 2.45) is 0 Å². The predicted molar refractivity (Wildman–Crippen MR) is 53.5 cm³/mol. The standard InChI is InChI=1S/C9H10ClNO3/c10-8-6-7(2-1-5-12)3-4-9(8)11(13)14/h3-4,6,12H,1-2,5H2. The molecule has 76 valence electrons. The number of aliphatic hydroxyl groups excluding tert-OH is 1. The van der Waals surface area contributed by atoms with E-state index in [1.165, 1.54) is 6.07 Å². The Morgan fingerprint density at radius 2 is 2.21 bits per heavy atom. The summed E-state index contributed by atoms with van der Waals surface area (Å²) in [5.74, 6) is 0. The van der Waals surface area contributed by atoms with Gasteiger partial charge in [0.1, 0.15) is 5.02 Å². The van der Waals surface area contributed by atoms with Gasteiger partial charge in [0.2, 0.25) is 0 Å². The molecule has 14 heavy (non-hydrogen) atoms. The lowest BCUT2D eigenvalue weighted by molar-refractivity contribution is -0.384. The van der Waals surface area contributed by atoms with Crippen LogP contribution in [0.4, 0.5) is 5.69 Å². The number of hydrogen-bond acceptors (Lipinski definition) is 3. The van der Waals surface area contributed by atoms with Crippen molar-refractivity contribution in [3.63, 3.8) is 0 Å². The second-order valence-corrected chi connectivity index (χ2v) is 3.28. The number of aryl methyl sites for hydroxylation is 1. The number of benzene rings is 1. The fraction of sp³-hybridized carbons (Fsp3) is 0.333. The van der Waals surface area contributed by atoms with Crippen LogP contribution in [0.3, 0.4) is 0 Å². The zero-order chi connectivity index (χ0) is 10.6. The van der Waals surface area contributed by atoms with E-state index in [1.807, 2.05) is 0 Å². The summed E-state index contributed by atoms with van der Waals surface area (Å²) in [5.41, 5.74) is 0.814. The summed E-state index contributed by atoms with van der Waals surface area (Å²) in [4.78, 5) is 9.91. The molecule has 0 aliphatic rings. The highest BCUT2D eigenvalue weighted by molar-refractivity contribution is 6.32. The molecule has 0 spiro atoms. The quantitative estimate of drug-likeness (QED) is 0.619.